The normalized spacial score (nSPS) is 12.4. The third-order valence-corrected chi connectivity index (χ3v) is 4.30. The monoisotopic (exact) mass is 389 g/mol. The van der Waals surface area contributed by atoms with E-state index in [4.69, 9.17) is 4.74 Å². The van der Waals surface area contributed by atoms with Crippen LogP contribution in [0, 0.1) is 0 Å². The Morgan fingerprint density at radius 1 is 1.38 bits per heavy atom. The summed E-state index contributed by atoms with van der Waals surface area (Å²) >= 11 is 3.54. The third kappa shape index (κ3) is 3.87. The number of nitrogens with zero attached hydrogens (tertiary/aromatic N) is 1. The number of amides is 1. The second kappa shape index (κ2) is 7.66. The standard InChI is InChI=1S/C18H20BrN3O2/c1-2-6-20-18(23)13-3-4-16(21-10-13)22-11-14-9-15(19)8-12-5-7-24-17(12)14/h3-4,8-10H,2,5-7,11H2,1H3,(H,20,23)(H,21,22). The van der Waals surface area contributed by atoms with E-state index in [0.717, 1.165) is 41.1 Å². The molecule has 126 valence electrons. The number of anilines is 1. The van der Waals surface area contributed by atoms with Gasteiger partial charge < -0.3 is 15.4 Å². The van der Waals surface area contributed by atoms with E-state index in [9.17, 15) is 4.79 Å². The van der Waals surface area contributed by atoms with Crippen LogP contribution in [0.25, 0.3) is 0 Å². The maximum atomic E-state index is 11.9. The van der Waals surface area contributed by atoms with E-state index in [1.54, 1.807) is 12.3 Å². The first-order valence-electron chi connectivity index (χ1n) is 8.09. The van der Waals surface area contributed by atoms with Crippen molar-refractivity contribution in [2.24, 2.45) is 0 Å². The van der Waals surface area contributed by atoms with E-state index in [2.05, 4.69) is 43.7 Å². The molecule has 2 aromatic rings. The molecule has 1 aliphatic heterocycles. The summed E-state index contributed by atoms with van der Waals surface area (Å²) in [7, 11) is 0. The molecule has 0 bridgehead atoms. The quantitative estimate of drug-likeness (QED) is 0.792. The first-order chi connectivity index (χ1) is 11.7. The fourth-order valence-corrected chi connectivity index (χ4v) is 3.19. The molecule has 1 aromatic carbocycles. The van der Waals surface area contributed by atoms with E-state index in [1.807, 2.05) is 13.0 Å². The number of halogens is 1. The number of ether oxygens (including phenoxy) is 1. The second-order valence-electron chi connectivity index (χ2n) is 5.69. The molecule has 6 heteroatoms. The van der Waals surface area contributed by atoms with Crippen LogP contribution in [0.2, 0.25) is 0 Å². The summed E-state index contributed by atoms with van der Waals surface area (Å²) < 4.78 is 6.78. The van der Waals surface area contributed by atoms with Crippen molar-refractivity contribution in [3.8, 4) is 5.75 Å². The third-order valence-electron chi connectivity index (χ3n) is 3.85. The lowest BCUT2D eigenvalue weighted by atomic mass is 10.1. The Morgan fingerprint density at radius 3 is 3.00 bits per heavy atom. The van der Waals surface area contributed by atoms with Gasteiger partial charge in [0.25, 0.3) is 5.91 Å². The van der Waals surface area contributed by atoms with E-state index >= 15 is 0 Å². The number of aromatic nitrogens is 1. The molecule has 3 rings (SSSR count). The fraction of sp³-hybridized carbons (Fsp3) is 0.333. The Balaban J connectivity index is 1.64. The van der Waals surface area contributed by atoms with Gasteiger partial charge in [0.15, 0.2) is 0 Å². The Morgan fingerprint density at radius 2 is 2.25 bits per heavy atom. The zero-order valence-corrected chi connectivity index (χ0v) is 15.1. The maximum Gasteiger partial charge on any atom is 0.252 e. The SMILES string of the molecule is CCCNC(=O)c1ccc(NCc2cc(Br)cc3c2OCC3)nc1. The topological polar surface area (TPSA) is 63.2 Å². The molecular formula is C18H20BrN3O2. The minimum Gasteiger partial charge on any atom is -0.493 e. The molecule has 0 aliphatic carbocycles. The molecule has 1 amide bonds. The molecule has 0 unspecified atom stereocenters. The Hall–Kier alpha value is -2.08. The minimum atomic E-state index is -0.0888. The van der Waals surface area contributed by atoms with Gasteiger partial charge >= 0.3 is 0 Å². The van der Waals surface area contributed by atoms with Gasteiger partial charge in [-0.3, -0.25) is 4.79 Å². The number of fused-ring (bicyclic) bond motifs is 1. The van der Waals surface area contributed by atoms with Crippen molar-refractivity contribution >= 4 is 27.7 Å². The van der Waals surface area contributed by atoms with Crippen LogP contribution in [0.1, 0.15) is 34.8 Å². The van der Waals surface area contributed by atoms with Crippen LogP contribution in [0.3, 0.4) is 0 Å². The van der Waals surface area contributed by atoms with Gasteiger partial charge in [0.1, 0.15) is 11.6 Å². The molecule has 0 radical (unpaired) electrons. The molecule has 0 saturated carbocycles. The van der Waals surface area contributed by atoms with E-state index in [1.165, 1.54) is 5.56 Å². The summed E-state index contributed by atoms with van der Waals surface area (Å²) in [5.41, 5.74) is 2.90. The summed E-state index contributed by atoms with van der Waals surface area (Å²) in [5.74, 6) is 1.61. The van der Waals surface area contributed by atoms with Crippen LogP contribution in [0.4, 0.5) is 5.82 Å². The molecule has 0 fully saturated rings. The molecule has 2 heterocycles. The molecule has 1 aliphatic rings. The number of nitrogens with one attached hydrogen (secondary N) is 2. The van der Waals surface area contributed by atoms with Gasteiger partial charge in [-0.1, -0.05) is 22.9 Å². The smallest absolute Gasteiger partial charge is 0.252 e. The molecule has 1 aromatic heterocycles. The highest BCUT2D eigenvalue weighted by atomic mass is 79.9. The van der Waals surface area contributed by atoms with E-state index in [-0.39, 0.29) is 5.91 Å². The summed E-state index contributed by atoms with van der Waals surface area (Å²) in [6.07, 6.45) is 3.45. The van der Waals surface area contributed by atoms with Crippen molar-refractivity contribution in [1.29, 1.82) is 0 Å². The highest BCUT2D eigenvalue weighted by molar-refractivity contribution is 9.10. The van der Waals surface area contributed by atoms with Gasteiger partial charge in [0.05, 0.1) is 12.2 Å². The van der Waals surface area contributed by atoms with Crippen LogP contribution < -0.4 is 15.4 Å². The average Bonchev–Trinajstić information content (AvgIpc) is 3.06. The van der Waals surface area contributed by atoms with Crippen LogP contribution >= 0.6 is 15.9 Å². The largest absolute Gasteiger partial charge is 0.493 e. The number of carbonyl (C=O) groups is 1. The average molecular weight is 390 g/mol. The van der Waals surface area contributed by atoms with Crippen molar-refractivity contribution in [1.82, 2.24) is 10.3 Å². The second-order valence-corrected chi connectivity index (χ2v) is 6.61. The Labute approximate surface area is 149 Å². The number of rotatable bonds is 6. The van der Waals surface area contributed by atoms with Crippen LogP contribution in [0.5, 0.6) is 5.75 Å². The van der Waals surface area contributed by atoms with Gasteiger partial charge in [0, 0.05) is 35.7 Å². The van der Waals surface area contributed by atoms with E-state index < -0.39 is 0 Å². The van der Waals surface area contributed by atoms with Crippen LogP contribution in [-0.2, 0) is 13.0 Å². The van der Waals surface area contributed by atoms with Crippen molar-refractivity contribution in [3.63, 3.8) is 0 Å². The fourth-order valence-electron chi connectivity index (χ4n) is 2.64. The summed E-state index contributed by atoms with van der Waals surface area (Å²) in [6, 6.07) is 7.76. The predicted octanol–water partition coefficient (Wildman–Crippen LogP) is 3.53. The van der Waals surface area contributed by atoms with Gasteiger partial charge in [0.2, 0.25) is 0 Å². The van der Waals surface area contributed by atoms with Gasteiger partial charge in [-0.05, 0) is 36.2 Å². The van der Waals surface area contributed by atoms with Crippen molar-refractivity contribution in [3.05, 3.63) is 51.6 Å². The van der Waals surface area contributed by atoms with Crippen LogP contribution in [0.15, 0.2) is 34.9 Å². The molecule has 0 spiro atoms. The van der Waals surface area contributed by atoms with Gasteiger partial charge in [-0.15, -0.1) is 0 Å². The number of hydrogen-bond donors (Lipinski definition) is 2. The molecule has 2 N–H and O–H groups in total. The van der Waals surface area contributed by atoms with E-state index in [0.29, 0.717) is 18.7 Å². The zero-order chi connectivity index (χ0) is 16.9. The summed E-state index contributed by atoms with van der Waals surface area (Å²) in [6.45, 7) is 4.05. The van der Waals surface area contributed by atoms with Crippen molar-refractivity contribution < 1.29 is 9.53 Å². The van der Waals surface area contributed by atoms with Crippen molar-refractivity contribution in [2.75, 3.05) is 18.5 Å². The molecular weight excluding hydrogens is 370 g/mol. The number of pyridine rings is 1. The molecule has 0 saturated heterocycles. The first kappa shape index (κ1) is 16.8. The lowest BCUT2D eigenvalue weighted by Gasteiger charge is -2.11. The number of hydrogen-bond acceptors (Lipinski definition) is 4. The predicted molar refractivity (Wildman–Crippen MR) is 97.5 cm³/mol. The number of carbonyl (C=O) groups excluding carboxylic acids is 1. The molecule has 5 nitrogen and oxygen atoms in total. The molecule has 24 heavy (non-hydrogen) atoms. The maximum absolute atomic E-state index is 11.9. The van der Waals surface area contributed by atoms with Gasteiger partial charge in [-0.2, -0.15) is 0 Å². The first-order valence-corrected chi connectivity index (χ1v) is 8.89. The lowest BCUT2D eigenvalue weighted by Crippen LogP contribution is -2.24. The van der Waals surface area contributed by atoms with Crippen LogP contribution in [-0.4, -0.2) is 24.0 Å². The number of benzene rings is 1. The summed E-state index contributed by atoms with van der Waals surface area (Å²) in [4.78, 5) is 16.2. The minimum absolute atomic E-state index is 0.0888. The zero-order valence-electron chi connectivity index (χ0n) is 13.6. The van der Waals surface area contributed by atoms with Gasteiger partial charge in [-0.25, -0.2) is 4.98 Å². The molecule has 0 atom stereocenters. The highest BCUT2D eigenvalue weighted by Gasteiger charge is 2.17. The summed E-state index contributed by atoms with van der Waals surface area (Å²) in [5, 5.41) is 6.12. The Kier molecular flexibility index (Phi) is 5.35. The highest BCUT2D eigenvalue weighted by Crippen LogP contribution is 2.33. The van der Waals surface area contributed by atoms with Crippen molar-refractivity contribution in [2.45, 2.75) is 26.3 Å². The lowest BCUT2D eigenvalue weighted by molar-refractivity contribution is 0.0953. The Bertz CT molecular complexity index is 732.